The summed E-state index contributed by atoms with van der Waals surface area (Å²) in [6.07, 6.45) is 16.7. The standard InChI is InChI=1S/C20H28Cl/c21-20-14-10-17(11-15-20)7-6-16-8-12-19(13-9-16)18-4-2-1-3-5-18/h1,10-11,14-16,18-19H,2-9,12-13H2. The smallest absolute Gasteiger partial charge is 0.0406 e. The predicted octanol–water partition coefficient (Wildman–Crippen LogP) is 6.47. The van der Waals surface area contributed by atoms with Gasteiger partial charge in [0, 0.05) is 5.02 Å². The van der Waals surface area contributed by atoms with Gasteiger partial charge < -0.3 is 0 Å². The third-order valence-electron chi connectivity index (χ3n) is 5.80. The minimum atomic E-state index is 0.851. The molecular weight excluding hydrogens is 276 g/mol. The van der Waals surface area contributed by atoms with Crippen LogP contribution in [0, 0.1) is 24.2 Å². The molecule has 0 aliphatic heterocycles. The highest BCUT2D eigenvalue weighted by atomic mass is 35.5. The molecule has 3 rings (SSSR count). The summed E-state index contributed by atoms with van der Waals surface area (Å²) >= 11 is 5.95. The van der Waals surface area contributed by atoms with Gasteiger partial charge in [0.2, 0.25) is 0 Å². The first-order valence-electron chi connectivity index (χ1n) is 8.87. The molecule has 2 fully saturated rings. The van der Waals surface area contributed by atoms with E-state index < -0.39 is 0 Å². The van der Waals surface area contributed by atoms with Crippen molar-refractivity contribution in [3.63, 3.8) is 0 Å². The summed E-state index contributed by atoms with van der Waals surface area (Å²) < 4.78 is 0. The van der Waals surface area contributed by atoms with Crippen molar-refractivity contribution in [1.82, 2.24) is 0 Å². The summed E-state index contributed by atoms with van der Waals surface area (Å²) in [6.45, 7) is 0. The molecule has 0 nitrogen and oxygen atoms in total. The molecule has 0 aromatic heterocycles. The van der Waals surface area contributed by atoms with Crippen LogP contribution in [0.4, 0.5) is 0 Å². The van der Waals surface area contributed by atoms with Gasteiger partial charge in [-0.25, -0.2) is 0 Å². The minimum Gasteiger partial charge on any atom is -0.0843 e. The lowest BCUT2D eigenvalue weighted by Gasteiger charge is -2.35. The average molecular weight is 304 g/mol. The number of rotatable bonds is 4. The van der Waals surface area contributed by atoms with Crippen LogP contribution >= 0.6 is 11.6 Å². The highest BCUT2D eigenvalue weighted by Crippen LogP contribution is 2.40. The van der Waals surface area contributed by atoms with Crippen LogP contribution < -0.4 is 0 Å². The van der Waals surface area contributed by atoms with E-state index in [1.54, 1.807) is 0 Å². The summed E-state index contributed by atoms with van der Waals surface area (Å²) in [5.74, 6) is 3.06. The van der Waals surface area contributed by atoms with Crippen molar-refractivity contribution in [2.45, 2.75) is 64.2 Å². The fourth-order valence-electron chi connectivity index (χ4n) is 4.39. The maximum absolute atomic E-state index is 5.95. The van der Waals surface area contributed by atoms with Gasteiger partial charge in [0.1, 0.15) is 0 Å². The topological polar surface area (TPSA) is 0 Å². The van der Waals surface area contributed by atoms with Crippen LogP contribution in [0.25, 0.3) is 0 Å². The Hall–Kier alpha value is -0.490. The highest BCUT2D eigenvalue weighted by molar-refractivity contribution is 6.30. The molecule has 2 aliphatic rings. The van der Waals surface area contributed by atoms with E-state index in [2.05, 4.69) is 18.6 Å². The molecule has 1 radical (unpaired) electrons. The molecule has 0 bridgehead atoms. The second-order valence-corrected chi connectivity index (χ2v) is 7.59. The van der Waals surface area contributed by atoms with E-state index in [4.69, 9.17) is 11.6 Å². The fourth-order valence-corrected chi connectivity index (χ4v) is 4.52. The third kappa shape index (κ3) is 4.49. The number of hydrogen-bond donors (Lipinski definition) is 0. The van der Waals surface area contributed by atoms with Crippen molar-refractivity contribution in [1.29, 1.82) is 0 Å². The molecule has 0 unspecified atom stereocenters. The van der Waals surface area contributed by atoms with Crippen LogP contribution in [-0.2, 0) is 6.42 Å². The maximum Gasteiger partial charge on any atom is 0.0406 e. The lowest BCUT2D eigenvalue weighted by Crippen LogP contribution is -2.23. The summed E-state index contributed by atoms with van der Waals surface area (Å²) in [5, 5.41) is 0.851. The van der Waals surface area contributed by atoms with Crippen molar-refractivity contribution in [3.05, 3.63) is 41.3 Å². The molecule has 0 atom stereocenters. The first kappa shape index (κ1) is 15.4. The molecule has 115 valence electrons. The predicted molar refractivity (Wildman–Crippen MR) is 91.5 cm³/mol. The van der Waals surface area contributed by atoms with Crippen LogP contribution in [0.5, 0.6) is 0 Å². The molecule has 1 aromatic rings. The number of aryl methyl sites for hydroxylation is 1. The quantitative estimate of drug-likeness (QED) is 0.597. The molecule has 21 heavy (non-hydrogen) atoms. The number of hydrogen-bond acceptors (Lipinski definition) is 0. The monoisotopic (exact) mass is 303 g/mol. The molecule has 2 aliphatic carbocycles. The van der Waals surface area contributed by atoms with Gasteiger partial charge in [-0.2, -0.15) is 0 Å². The first-order chi connectivity index (χ1) is 10.3. The molecule has 0 spiro atoms. The third-order valence-corrected chi connectivity index (χ3v) is 6.05. The van der Waals surface area contributed by atoms with Crippen molar-refractivity contribution in [2.75, 3.05) is 0 Å². The second kappa shape index (κ2) is 7.68. The normalized spacial score (nSPS) is 27.7. The Morgan fingerprint density at radius 2 is 1.43 bits per heavy atom. The van der Waals surface area contributed by atoms with Crippen molar-refractivity contribution in [2.24, 2.45) is 17.8 Å². The van der Waals surface area contributed by atoms with Gasteiger partial charge in [-0.3, -0.25) is 0 Å². The SMILES string of the molecule is Clc1ccc(CCC2CCC(C3CC[CH]CC3)CC2)cc1. The Kier molecular flexibility index (Phi) is 5.63. The highest BCUT2D eigenvalue weighted by Gasteiger charge is 2.28. The molecule has 2 saturated carbocycles. The summed E-state index contributed by atoms with van der Waals surface area (Å²) in [7, 11) is 0. The zero-order valence-electron chi connectivity index (χ0n) is 13.1. The van der Waals surface area contributed by atoms with E-state index in [0.29, 0.717) is 0 Å². The van der Waals surface area contributed by atoms with Crippen LogP contribution in [0.15, 0.2) is 24.3 Å². The molecule has 0 N–H and O–H groups in total. The van der Waals surface area contributed by atoms with E-state index in [-0.39, 0.29) is 0 Å². The van der Waals surface area contributed by atoms with E-state index in [0.717, 1.165) is 22.8 Å². The number of benzene rings is 1. The van der Waals surface area contributed by atoms with Gasteiger partial charge in [-0.1, -0.05) is 36.6 Å². The lowest BCUT2D eigenvalue weighted by molar-refractivity contribution is 0.173. The summed E-state index contributed by atoms with van der Waals surface area (Å²) in [5.41, 5.74) is 1.45. The Morgan fingerprint density at radius 3 is 2.10 bits per heavy atom. The average Bonchev–Trinajstić information content (AvgIpc) is 2.56. The molecule has 0 heterocycles. The van der Waals surface area contributed by atoms with Gasteiger partial charge >= 0.3 is 0 Å². The van der Waals surface area contributed by atoms with Crippen LogP contribution in [0.3, 0.4) is 0 Å². The fraction of sp³-hybridized carbons (Fsp3) is 0.650. The Bertz CT molecular complexity index is 408. The van der Waals surface area contributed by atoms with Gasteiger partial charge in [0.25, 0.3) is 0 Å². The van der Waals surface area contributed by atoms with Crippen molar-refractivity contribution < 1.29 is 0 Å². The molecular formula is C20H28Cl. The van der Waals surface area contributed by atoms with Crippen LogP contribution in [-0.4, -0.2) is 0 Å². The van der Waals surface area contributed by atoms with E-state index in [1.807, 2.05) is 12.1 Å². The largest absolute Gasteiger partial charge is 0.0843 e. The Balaban J connectivity index is 1.40. The summed E-state index contributed by atoms with van der Waals surface area (Å²) in [4.78, 5) is 0. The van der Waals surface area contributed by atoms with E-state index in [9.17, 15) is 0 Å². The summed E-state index contributed by atoms with van der Waals surface area (Å²) in [6, 6.07) is 8.42. The van der Waals surface area contributed by atoms with Gasteiger partial charge in [0.15, 0.2) is 0 Å². The zero-order valence-corrected chi connectivity index (χ0v) is 13.8. The van der Waals surface area contributed by atoms with Crippen molar-refractivity contribution >= 4 is 11.6 Å². The second-order valence-electron chi connectivity index (χ2n) is 7.15. The van der Waals surface area contributed by atoms with Gasteiger partial charge in [-0.15, -0.1) is 0 Å². The molecule has 0 amide bonds. The molecule has 1 heteroatoms. The molecule has 0 saturated heterocycles. The van der Waals surface area contributed by atoms with Crippen LogP contribution in [0.2, 0.25) is 5.02 Å². The lowest BCUT2D eigenvalue weighted by atomic mass is 9.70. The van der Waals surface area contributed by atoms with E-state index in [1.165, 1.54) is 69.8 Å². The van der Waals surface area contributed by atoms with Crippen molar-refractivity contribution in [3.8, 4) is 0 Å². The van der Waals surface area contributed by atoms with Gasteiger partial charge in [-0.05, 0) is 93.2 Å². The maximum atomic E-state index is 5.95. The molecule has 1 aromatic carbocycles. The van der Waals surface area contributed by atoms with E-state index >= 15 is 0 Å². The van der Waals surface area contributed by atoms with Crippen LogP contribution in [0.1, 0.15) is 63.4 Å². The van der Waals surface area contributed by atoms with Gasteiger partial charge in [0.05, 0.1) is 0 Å². The Labute approximate surface area is 135 Å². The zero-order chi connectivity index (χ0) is 14.5. The minimum absolute atomic E-state index is 0.851. The first-order valence-corrected chi connectivity index (χ1v) is 9.25. The Morgan fingerprint density at radius 1 is 0.810 bits per heavy atom. The number of halogens is 1.